The summed E-state index contributed by atoms with van der Waals surface area (Å²) < 4.78 is 7.72. The molecule has 0 unspecified atom stereocenters. The third-order valence-electron chi connectivity index (χ3n) is 5.67. The number of rotatable bonds is 5. The zero-order valence-corrected chi connectivity index (χ0v) is 16.3. The molecule has 0 radical (unpaired) electrons. The molecule has 1 aliphatic carbocycles. The molecule has 1 fully saturated rings. The fourth-order valence-corrected chi connectivity index (χ4v) is 3.73. The van der Waals surface area contributed by atoms with E-state index in [0.717, 1.165) is 40.9 Å². The molecule has 4 aromatic rings. The fraction of sp³-hybridized carbons (Fsp3) is 0.286. The lowest BCUT2D eigenvalue weighted by Crippen LogP contribution is -2.27. The smallest absolute Gasteiger partial charge is 0.219 e. The second-order valence-corrected chi connectivity index (χ2v) is 7.68. The van der Waals surface area contributed by atoms with Gasteiger partial charge in [0.05, 0.1) is 17.3 Å². The summed E-state index contributed by atoms with van der Waals surface area (Å²) in [6, 6.07) is 4.07. The molecule has 8 heteroatoms. The van der Waals surface area contributed by atoms with Gasteiger partial charge in [-0.2, -0.15) is 5.10 Å². The van der Waals surface area contributed by atoms with Crippen LogP contribution in [-0.2, 0) is 12.5 Å². The third kappa shape index (κ3) is 3.06. The summed E-state index contributed by atoms with van der Waals surface area (Å²) in [5.74, 6) is 1.44. The minimum absolute atomic E-state index is 0.250. The van der Waals surface area contributed by atoms with Crippen molar-refractivity contribution in [2.45, 2.75) is 25.2 Å². The molecule has 0 bridgehead atoms. The van der Waals surface area contributed by atoms with Crippen molar-refractivity contribution in [1.82, 2.24) is 29.7 Å². The second kappa shape index (κ2) is 6.51. The maximum absolute atomic E-state index is 5.97. The highest BCUT2D eigenvalue weighted by Crippen LogP contribution is 2.51. The largest absolute Gasteiger partial charge is 0.447 e. The first-order valence-corrected chi connectivity index (χ1v) is 9.53. The predicted octanol–water partition coefficient (Wildman–Crippen LogP) is 3.23. The van der Waals surface area contributed by atoms with E-state index in [0.29, 0.717) is 11.8 Å². The number of aryl methyl sites for hydroxylation is 1. The Morgan fingerprint density at radius 2 is 1.83 bits per heavy atom. The van der Waals surface area contributed by atoms with Crippen molar-refractivity contribution in [3.8, 4) is 22.5 Å². The first kappa shape index (κ1) is 17.5. The average Bonchev–Trinajstić information content (AvgIpc) is 3.32. The molecule has 8 nitrogen and oxygen atoms in total. The first-order valence-electron chi connectivity index (χ1n) is 9.53. The van der Waals surface area contributed by atoms with Gasteiger partial charge in [-0.3, -0.25) is 9.67 Å². The van der Waals surface area contributed by atoms with E-state index in [1.165, 1.54) is 0 Å². The van der Waals surface area contributed by atoms with Gasteiger partial charge in [-0.25, -0.2) is 15.0 Å². The Hall–Kier alpha value is -3.55. The highest BCUT2D eigenvalue weighted by molar-refractivity contribution is 5.58. The molecule has 4 aromatic heterocycles. The molecule has 2 N–H and O–H groups in total. The highest BCUT2D eigenvalue weighted by atomic mass is 16.3. The van der Waals surface area contributed by atoms with E-state index in [1.807, 2.05) is 25.5 Å². The summed E-state index contributed by atoms with van der Waals surface area (Å²) >= 11 is 0. The molecule has 0 saturated heterocycles. The average molecular weight is 387 g/mol. The Kier molecular flexibility index (Phi) is 3.94. The first-order chi connectivity index (χ1) is 14.0. The number of oxazole rings is 1. The van der Waals surface area contributed by atoms with Gasteiger partial charge >= 0.3 is 0 Å². The van der Waals surface area contributed by atoms with Crippen LogP contribution in [0.2, 0.25) is 0 Å². The number of hydrogen-bond donors (Lipinski definition) is 1. The van der Waals surface area contributed by atoms with Crippen LogP contribution in [0.15, 0.2) is 53.8 Å². The van der Waals surface area contributed by atoms with Crippen molar-refractivity contribution in [1.29, 1.82) is 0 Å². The summed E-state index contributed by atoms with van der Waals surface area (Å²) in [4.78, 5) is 17.5. The van der Waals surface area contributed by atoms with E-state index in [1.54, 1.807) is 29.5 Å². The minimum atomic E-state index is -0.330. The van der Waals surface area contributed by atoms with Crippen LogP contribution in [-0.4, -0.2) is 29.7 Å². The lowest BCUT2D eigenvalue weighted by Gasteiger charge is -2.26. The molecule has 0 amide bonds. The van der Waals surface area contributed by atoms with E-state index < -0.39 is 0 Å². The number of nitrogens with zero attached hydrogens (tertiary/aromatic N) is 6. The van der Waals surface area contributed by atoms with Gasteiger partial charge in [-0.15, -0.1) is 0 Å². The molecule has 1 saturated carbocycles. The van der Waals surface area contributed by atoms with E-state index in [-0.39, 0.29) is 11.4 Å². The van der Waals surface area contributed by atoms with Gasteiger partial charge in [-0.1, -0.05) is 6.07 Å². The number of pyridine rings is 1. The van der Waals surface area contributed by atoms with Crippen LogP contribution in [0.3, 0.4) is 0 Å². The highest BCUT2D eigenvalue weighted by Gasteiger charge is 2.47. The quantitative estimate of drug-likeness (QED) is 0.560. The molecule has 1 atom stereocenters. The molecular weight excluding hydrogens is 366 g/mol. The van der Waals surface area contributed by atoms with E-state index in [2.05, 4.69) is 33.0 Å². The van der Waals surface area contributed by atoms with Gasteiger partial charge in [0.15, 0.2) is 0 Å². The molecule has 4 heterocycles. The maximum atomic E-state index is 5.97. The summed E-state index contributed by atoms with van der Waals surface area (Å²) in [5.41, 5.74) is 9.69. The number of nitrogens with two attached hydrogens (primary N) is 1. The van der Waals surface area contributed by atoms with Crippen LogP contribution < -0.4 is 5.73 Å². The Morgan fingerprint density at radius 3 is 2.45 bits per heavy atom. The normalized spacial score (nSPS) is 15.9. The van der Waals surface area contributed by atoms with E-state index in [4.69, 9.17) is 15.1 Å². The van der Waals surface area contributed by atoms with Gasteiger partial charge < -0.3 is 10.2 Å². The van der Waals surface area contributed by atoms with E-state index in [9.17, 15) is 0 Å². The molecule has 29 heavy (non-hydrogen) atoms. The zero-order chi connectivity index (χ0) is 20.0. The molecule has 146 valence electrons. The van der Waals surface area contributed by atoms with Crippen LogP contribution in [0.25, 0.3) is 22.5 Å². The van der Waals surface area contributed by atoms with E-state index >= 15 is 0 Å². The van der Waals surface area contributed by atoms with Crippen LogP contribution >= 0.6 is 0 Å². The van der Waals surface area contributed by atoms with Gasteiger partial charge in [0.2, 0.25) is 11.8 Å². The Bertz CT molecular complexity index is 1140. The van der Waals surface area contributed by atoms with Crippen molar-refractivity contribution in [2.75, 3.05) is 5.73 Å². The molecular formula is C21H21N7O. The number of aromatic nitrogens is 6. The van der Waals surface area contributed by atoms with Crippen LogP contribution in [0, 0.1) is 5.92 Å². The summed E-state index contributed by atoms with van der Waals surface area (Å²) in [6.07, 6.45) is 13.0. The lowest BCUT2D eigenvalue weighted by atomic mass is 9.78. The van der Waals surface area contributed by atoms with Gasteiger partial charge in [-0.05, 0) is 37.3 Å². The topological polar surface area (TPSA) is 109 Å². The summed E-state index contributed by atoms with van der Waals surface area (Å²) in [7, 11) is 1.89. The van der Waals surface area contributed by atoms with Crippen molar-refractivity contribution in [3.63, 3.8) is 0 Å². The van der Waals surface area contributed by atoms with Crippen molar-refractivity contribution in [3.05, 3.63) is 60.8 Å². The fourth-order valence-electron chi connectivity index (χ4n) is 3.73. The van der Waals surface area contributed by atoms with Crippen LogP contribution in [0.5, 0.6) is 0 Å². The summed E-state index contributed by atoms with van der Waals surface area (Å²) in [5, 5.41) is 4.22. The van der Waals surface area contributed by atoms with Gasteiger partial charge in [0.1, 0.15) is 12.0 Å². The van der Waals surface area contributed by atoms with Crippen LogP contribution in [0.1, 0.15) is 31.2 Å². The molecule has 1 aliphatic rings. The molecule has 5 rings (SSSR count). The third-order valence-corrected chi connectivity index (χ3v) is 5.67. The van der Waals surface area contributed by atoms with Gasteiger partial charge in [0.25, 0.3) is 0 Å². The van der Waals surface area contributed by atoms with Crippen LogP contribution in [0.4, 0.5) is 5.95 Å². The molecule has 0 aliphatic heterocycles. The standard InChI is InChI=1S/C21H21N7O/c1-21(15-3-4-15,19-27-18(12-29-19)14-9-26-28(2)11-14)16-5-6-17(23-10-16)13-7-24-20(22)25-8-13/h5-12,15H,3-4H2,1-2H3,(H2,22,24,25)/t21-/m1/s1. The lowest BCUT2D eigenvalue weighted by molar-refractivity contribution is 0.357. The Labute approximate surface area is 167 Å². The van der Waals surface area contributed by atoms with Crippen molar-refractivity contribution >= 4 is 5.95 Å². The second-order valence-electron chi connectivity index (χ2n) is 7.68. The Morgan fingerprint density at radius 1 is 1.03 bits per heavy atom. The monoisotopic (exact) mass is 387 g/mol. The number of anilines is 1. The van der Waals surface area contributed by atoms with Crippen molar-refractivity contribution < 1.29 is 4.42 Å². The zero-order valence-electron chi connectivity index (χ0n) is 16.3. The summed E-state index contributed by atoms with van der Waals surface area (Å²) in [6.45, 7) is 2.19. The van der Waals surface area contributed by atoms with Gasteiger partial charge in [0, 0.05) is 43.0 Å². The molecule has 0 spiro atoms. The number of nitrogen functional groups attached to an aromatic ring is 1. The Balaban J connectivity index is 1.50. The SMILES string of the molecule is Cn1cc(-c2coc([C@@](C)(c3ccc(-c4cnc(N)nc4)nc3)C3CC3)n2)cn1. The maximum Gasteiger partial charge on any atom is 0.219 e. The van der Waals surface area contributed by atoms with Crippen molar-refractivity contribution in [2.24, 2.45) is 13.0 Å². The minimum Gasteiger partial charge on any atom is -0.447 e. The molecule has 0 aromatic carbocycles. The predicted molar refractivity (Wildman–Crippen MR) is 108 cm³/mol. The number of hydrogen-bond acceptors (Lipinski definition) is 7.